The lowest BCUT2D eigenvalue weighted by atomic mass is 10.1. The average molecular weight is 345 g/mol. The number of nitrogens with zero attached hydrogens (tertiary/aromatic N) is 2. The summed E-state index contributed by atoms with van der Waals surface area (Å²) in [5, 5.41) is 5.27. The molecule has 4 nitrogen and oxygen atoms in total. The molecule has 5 heteroatoms. The summed E-state index contributed by atoms with van der Waals surface area (Å²) in [5.74, 6) is 0. The second-order valence-electron chi connectivity index (χ2n) is 6.20. The van der Waals surface area contributed by atoms with Gasteiger partial charge in [0.15, 0.2) is 4.96 Å². The monoisotopic (exact) mass is 345 g/mol. The Labute approximate surface area is 148 Å². The van der Waals surface area contributed by atoms with Crippen molar-refractivity contribution in [2.75, 3.05) is 5.32 Å². The van der Waals surface area contributed by atoms with Crippen LogP contribution in [0.4, 0.5) is 5.69 Å². The SMILES string of the molecule is O=c1cc(CNc2ccc3c(c2)Cc2ccccc2-3)nc2sccn12. The summed E-state index contributed by atoms with van der Waals surface area (Å²) in [5.41, 5.74) is 7.16. The lowest BCUT2D eigenvalue weighted by molar-refractivity contribution is 0.989. The topological polar surface area (TPSA) is 46.4 Å². The minimum Gasteiger partial charge on any atom is -0.379 e. The van der Waals surface area contributed by atoms with Crippen LogP contribution in [0.15, 0.2) is 64.9 Å². The Morgan fingerprint density at radius 1 is 1.08 bits per heavy atom. The summed E-state index contributed by atoms with van der Waals surface area (Å²) in [6.45, 7) is 0.537. The molecule has 4 aromatic rings. The summed E-state index contributed by atoms with van der Waals surface area (Å²) in [7, 11) is 0. The first-order valence-electron chi connectivity index (χ1n) is 8.19. The van der Waals surface area contributed by atoms with Crippen molar-refractivity contribution in [3.63, 3.8) is 0 Å². The van der Waals surface area contributed by atoms with E-state index in [-0.39, 0.29) is 5.56 Å². The normalized spacial score (nSPS) is 12.2. The van der Waals surface area contributed by atoms with Crippen molar-refractivity contribution in [1.29, 1.82) is 0 Å². The van der Waals surface area contributed by atoms with Gasteiger partial charge in [0.05, 0.1) is 12.2 Å². The molecule has 0 saturated carbocycles. The maximum Gasteiger partial charge on any atom is 0.258 e. The molecule has 0 atom stereocenters. The van der Waals surface area contributed by atoms with Crippen molar-refractivity contribution in [2.24, 2.45) is 0 Å². The average Bonchev–Trinajstić information content (AvgIpc) is 3.24. The smallest absolute Gasteiger partial charge is 0.258 e. The second kappa shape index (κ2) is 5.57. The number of rotatable bonds is 3. The van der Waals surface area contributed by atoms with Crippen LogP contribution in [0, 0.1) is 0 Å². The zero-order valence-corrected chi connectivity index (χ0v) is 14.2. The quantitative estimate of drug-likeness (QED) is 0.539. The molecular formula is C20H15N3OS. The minimum absolute atomic E-state index is 0.0348. The third-order valence-corrected chi connectivity index (χ3v) is 5.38. The van der Waals surface area contributed by atoms with E-state index in [9.17, 15) is 4.79 Å². The van der Waals surface area contributed by atoms with Gasteiger partial charge in [0.2, 0.25) is 0 Å². The maximum atomic E-state index is 12.1. The van der Waals surface area contributed by atoms with Gasteiger partial charge in [-0.2, -0.15) is 0 Å². The number of thiazole rings is 1. The van der Waals surface area contributed by atoms with Gasteiger partial charge in [-0.25, -0.2) is 4.98 Å². The van der Waals surface area contributed by atoms with Crippen LogP contribution in [-0.2, 0) is 13.0 Å². The number of anilines is 1. The van der Waals surface area contributed by atoms with E-state index in [4.69, 9.17) is 0 Å². The van der Waals surface area contributed by atoms with Crippen LogP contribution in [0.25, 0.3) is 16.1 Å². The minimum atomic E-state index is -0.0348. The number of fused-ring (bicyclic) bond motifs is 4. The number of nitrogens with one attached hydrogen (secondary N) is 1. The lowest BCUT2D eigenvalue weighted by Gasteiger charge is -2.08. The number of aromatic nitrogens is 2. The van der Waals surface area contributed by atoms with Gasteiger partial charge in [-0.3, -0.25) is 9.20 Å². The van der Waals surface area contributed by atoms with Gasteiger partial charge in [-0.1, -0.05) is 30.3 Å². The van der Waals surface area contributed by atoms with E-state index < -0.39 is 0 Å². The van der Waals surface area contributed by atoms with Crippen LogP contribution in [0.5, 0.6) is 0 Å². The molecule has 0 saturated heterocycles. The summed E-state index contributed by atoms with van der Waals surface area (Å²) in [4.78, 5) is 17.3. The molecular weight excluding hydrogens is 330 g/mol. The van der Waals surface area contributed by atoms with Gasteiger partial charge in [-0.15, -0.1) is 11.3 Å². The van der Waals surface area contributed by atoms with Crippen LogP contribution in [0.1, 0.15) is 16.8 Å². The fourth-order valence-electron chi connectivity index (χ4n) is 3.43. The summed E-state index contributed by atoms with van der Waals surface area (Å²) in [6, 6.07) is 16.6. The predicted molar refractivity (Wildman–Crippen MR) is 101 cm³/mol. The molecule has 1 aliphatic rings. The second-order valence-corrected chi connectivity index (χ2v) is 7.07. The van der Waals surface area contributed by atoms with Gasteiger partial charge in [-0.05, 0) is 40.8 Å². The van der Waals surface area contributed by atoms with E-state index in [1.165, 1.54) is 33.6 Å². The summed E-state index contributed by atoms with van der Waals surface area (Å²) >= 11 is 1.47. The third-order valence-electron chi connectivity index (χ3n) is 4.62. The fraction of sp³-hybridized carbons (Fsp3) is 0.100. The van der Waals surface area contributed by atoms with Crippen molar-refractivity contribution in [2.45, 2.75) is 13.0 Å². The van der Waals surface area contributed by atoms with Crippen LogP contribution in [0.2, 0.25) is 0 Å². The third kappa shape index (κ3) is 2.44. The largest absolute Gasteiger partial charge is 0.379 e. The maximum absolute atomic E-state index is 12.1. The molecule has 5 rings (SSSR count). The number of hydrogen-bond donors (Lipinski definition) is 1. The van der Waals surface area contributed by atoms with Crippen LogP contribution in [0.3, 0.4) is 0 Å². The molecule has 2 heterocycles. The molecule has 25 heavy (non-hydrogen) atoms. The van der Waals surface area contributed by atoms with E-state index in [0.29, 0.717) is 6.54 Å². The van der Waals surface area contributed by atoms with Gasteiger partial charge < -0.3 is 5.32 Å². The Hall–Kier alpha value is -2.92. The Kier molecular flexibility index (Phi) is 3.21. The molecule has 0 fully saturated rings. The Morgan fingerprint density at radius 3 is 2.92 bits per heavy atom. The Morgan fingerprint density at radius 2 is 1.96 bits per heavy atom. The molecule has 122 valence electrons. The van der Waals surface area contributed by atoms with Crippen molar-refractivity contribution in [3.8, 4) is 11.1 Å². The fourth-order valence-corrected chi connectivity index (χ4v) is 4.16. The van der Waals surface area contributed by atoms with Crippen molar-refractivity contribution in [1.82, 2.24) is 9.38 Å². The Bertz CT molecular complexity index is 1160. The standard InChI is InChI=1S/C20H15N3OS/c24-19-11-16(22-20-23(19)7-8-25-20)12-21-15-5-6-18-14(10-15)9-13-3-1-2-4-17(13)18/h1-8,10-11,21H,9,12H2. The zero-order chi connectivity index (χ0) is 16.8. The first-order chi connectivity index (χ1) is 12.3. The van der Waals surface area contributed by atoms with E-state index in [1.54, 1.807) is 16.7 Å². The van der Waals surface area contributed by atoms with E-state index in [1.807, 2.05) is 5.38 Å². The molecule has 0 bridgehead atoms. The molecule has 1 N–H and O–H groups in total. The zero-order valence-electron chi connectivity index (χ0n) is 13.4. The number of benzene rings is 2. The van der Waals surface area contributed by atoms with Crippen LogP contribution >= 0.6 is 11.3 Å². The van der Waals surface area contributed by atoms with Crippen molar-refractivity contribution in [3.05, 3.63) is 87.3 Å². The Balaban J connectivity index is 1.40. The van der Waals surface area contributed by atoms with Crippen LogP contribution < -0.4 is 10.9 Å². The predicted octanol–water partition coefficient (Wildman–Crippen LogP) is 3.94. The molecule has 2 aromatic carbocycles. The van der Waals surface area contributed by atoms with Gasteiger partial charge >= 0.3 is 0 Å². The highest BCUT2D eigenvalue weighted by Gasteiger charge is 2.17. The highest BCUT2D eigenvalue weighted by Crippen LogP contribution is 2.37. The molecule has 0 aliphatic heterocycles. The molecule has 0 amide bonds. The van der Waals surface area contributed by atoms with Gasteiger partial charge in [0.1, 0.15) is 0 Å². The van der Waals surface area contributed by atoms with Crippen molar-refractivity contribution < 1.29 is 0 Å². The molecule has 2 aromatic heterocycles. The summed E-state index contributed by atoms with van der Waals surface area (Å²) in [6.07, 6.45) is 2.73. The highest BCUT2D eigenvalue weighted by atomic mass is 32.1. The summed E-state index contributed by atoms with van der Waals surface area (Å²) < 4.78 is 1.57. The van der Waals surface area contributed by atoms with E-state index >= 15 is 0 Å². The van der Waals surface area contributed by atoms with Crippen LogP contribution in [-0.4, -0.2) is 9.38 Å². The van der Waals surface area contributed by atoms with Crippen molar-refractivity contribution >= 4 is 22.0 Å². The number of hydrogen-bond acceptors (Lipinski definition) is 4. The van der Waals surface area contributed by atoms with E-state index in [0.717, 1.165) is 22.8 Å². The molecule has 1 aliphatic carbocycles. The van der Waals surface area contributed by atoms with Gasteiger partial charge in [0.25, 0.3) is 5.56 Å². The molecule has 0 radical (unpaired) electrons. The first kappa shape index (κ1) is 14.4. The van der Waals surface area contributed by atoms with Gasteiger partial charge in [0, 0.05) is 23.3 Å². The highest BCUT2D eigenvalue weighted by molar-refractivity contribution is 7.15. The van der Waals surface area contributed by atoms with E-state index in [2.05, 4.69) is 52.8 Å². The molecule has 0 unspecified atom stereocenters. The lowest BCUT2D eigenvalue weighted by Crippen LogP contribution is -2.14. The molecule has 0 spiro atoms. The first-order valence-corrected chi connectivity index (χ1v) is 9.07.